The molecule has 3 aromatic carbocycles. The minimum atomic E-state index is -0.970. The van der Waals surface area contributed by atoms with Crippen LogP contribution in [0.15, 0.2) is 72.8 Å². The number of rotatable bonds is 6. The second-order valence-electron chi connectivity index (χ2n) is 6.80. The maximum Gasteiger partial charge on any atom is 0.346 e. The Labute approximate surface area is 184 Å². The maximum absolute atomic E-state index is 12.8. The largest absolute Gasteiger partial charge is 0.504 e. The first-order chi connectivity index (χ1) is 15.4. The topological polar surface area (TPSA) is 113 Å². The van der Waals surface area contributed by atoms with Gasteiger partial charge in [0.25, 0.3) is 5.91 Å². The molecule has 0 saturated carbocycles. The van der Waals surface area contributed by atoms with E-state index < -0.39 is 17.8 Å². The molecule has 3 N–H and O–H groups in total. The van der Waals surface area contributed by atoms with Crippen LogP contribution in [-0.4, -0.2) is 28.1 Å². The highest BCUT2D eigenvalue weighted by molar-refractivity contribution is 6.13. The van der Waals surface area contributed by atoms with Gasteiger partial charge in [0, 0.05) is 11.8 Å². The lowest BCUT2D eigenvalue weighted by molar-refractivity contribution is -0.132. The van der Waals surface area contributed by atoms with Gasteiger partial charge in [-0.15, -0.1) is 0 Å². The number of phenolic OH excluding ortho intramolecular Hbond substituents is 2. The number of carbonyl (C=O) groups excluding carboxylic acids is 3. The van der Waals surface area contributed by atoms with Crippen LogP contribution in [-0.2, 0) is 16.0 Å². The number of benzene rings is 3. The van der Waals surface area contributed by atoms with E-state index in [9.17, 15) is 24.6 Å². The van der Waals surface area contributed by atoms with Crippen molar-refractivity contribution in [1.82, 2.24) is 0 Å². The van der Waals surface area contributed by atoms with Crippen molar-refractivity contribution in [2.45, 2.75) is 13.3 Å². The van der Waals surface area contributed by atoms with Crippen LogP contribution in [0, 0.1) is 0 Å². The molecule has 0 spiro atoms. The van der Waals surface area contributed by atoms with Gasteiger partial charge in [0.15, 0.2) is 11.5 Å². The van der Waals surface area contributed by atoms with Crippen LogP contribution in [0.4, 0.5) is 5.69 Å². The molecule has 3 aromatic rings. The lowest BCUT2D eigenvalue weighted by Crippen LogP contribution is -2.19. The van der Waals surface area contributed by atoms with Crippen molar-refractivity contribution < 1.29 is 29.3 Å². The van der Waals surface area contributed by atoms with Crippen molar-refractivity contribution in [2.24, 2.45) is 0 Å². The maximum atomic E-state index is 12.8. The predicted molar refractivity (Wildman–Crippen MR) is 119 cm³/mol. The first-order valence-electron chi connectivity index (χ1n) is 9.83. The standard InChI is InChI=1S/C25H21NO6/c1-2-17-7-3-6-10-20(17)26-24(30)18-8-4-5-9-19(18)25(31)32-23(29)14-12-16-11-13-21(27)22(28)15-16/h3-15,27-28H,2H2,1H3,(H,26,30)/b14-12+. The summed E-state index contributed by atoms with van der Waals surface area (Å²) >= 11 is 0. The fraction of sp³-hybridized carbons (Fsp3) is 0.0800. The number of nitrogens with one attached hydrogen (secondary N) is 1. The summed E-state index contributed by atoms with van der Waals surface area (Å²) in [4.78, 5) is 37.4. The lowest BCUT2D eigenvalue weighted by Gasteiger charge is -2.11. The van der Waals surface area contributed by atoms with E-state index in [1.807, 2.05) is 19.1 Å². The molecule has 32 heavy (non-hydrogen) atoms. The molecule has 0 aromatic heterocycles. The zero-order chi connectivity index (χ0) is 23.1. The van der Waals surface area contributed by atoms with Crippen LogP contribution >= 0.6 is 0 Å². The van der Waals surface area contributed by atoms with Gasteiger partial charge in [0.1, 0.15) is 0 Å². The lowest BCUT2D eigenvalue weighted by atomic mass is 10.1. The normalized spacial score (nSPS) is 10.7. The number of amides is 1. The summed E-state index contributed by atoms with van der Waals surface area (Å²) in [5, 5.41) is 21.6. The fourth-order valence-corrected chi connectivity index (χ4v) is 2.99. The average Bonchev–Trinajstić information content (AvgIpc) is 2.80. The minimum Gasteiger partial charge on any atom is -0.504 e. The van der Waals surface area contributed by atoms with Crippen LogP contribution in [0.3, 0.4) is 0 Å². The molecule has 0 aliphatic rings. The Morgan fingerprint density at radius 2 is 1.59 bits per heavy atom. The van der Waals surface area contributed by atoms with Crippen LogP contribution in [0.25, 0.3) is 6.08 Å². The van der Waals surface area contributed by atoms with E-state index in [0.29, 0.717) is 11.3 Å². The van der Waals surface area contributed by atoms with E-state index in [2.05, 4.69) is 5.32 Å². The summed E-state index contributed by atoms with van der Waals surface area (Å²) in [5.41, 5.74) is 2.02. The van der Waals surface area contributed by atoms with Gasteiger partial charge in [-0.05, 0) is 54.0 Å². The molecule has 3 rings (SSSR count). The number of esters is 2. The smallest absolute Gasteiger partial charge is 0.346 e. The van der Waals surface area contributed by atoms with E-state index in [1.54, 1.807) is 24.3 Å². The molecule has 7 heteroatoms. The van der Waals surface area contributed by atoms with Gasteiger partial charge in [0.2, 0.25) is 0 Å². The zero-order valence-corrected chi connectivity index (χ0v) is 17.2. The molecular weight excluding hydrogens is 410 g/mol. The Kier molecular flexibility index (Phi) is 7.02. The summed E-state index contributed by atoms with van der Waals surface area (Å²) < 4.78 is 4.84. The third kappa shape index (κ3) is 5.40. The first kappa shape index (κ1) is 22.3. The molecule has 0 aliphatic carbocycles. The second-order valence-corrected chi connectivity index (χ2v) is 6.80. The molecule has 1 amide bonds. The SMILES string of the molecule is CCc1ccccc1NC(=O)c1ccccc1C(=O)OC(=O)/C=C/c1ccc(O)c(O)c1. The molecule has 0 saturated heterocycles. The molecule has 0 fully saturated rings. The summed E-state index contributed by atoms with van der Waals surface area (Å²) in [5.74, 6) is -3.06. The Morgan fingerprint density at radius 1 is 0.906 bits per heavy atom. The van der Waals surface area contributed by atoms with E-state index in [0.717, 1.165) is 18.1 Å². The number of aryl methyl sites for hydroxylation is 1. The molecule has 0 aliphatic heterocycles. The van der Waals surface area contributed by atoms with Gasteiger partial charge >= 0.3 is 11.9 Å². The number of phenols is 2. The van der Waals surface area contributed by atoms with Crippen molar-refractivity contribution in [3.63, 3.8) is 0 Å². The highest BCUT2D eigenvalue weighted by Gasteiger charge is 2.20. The van der Waals surface area contributed by atoms with E-state index in [4.69, 9.17) is 4.74 Å². The third-order valence-electron chi connectivity index (χ3n) is 4.64. The Balaban J connectivity index is 1.73. The average molecular weight is 431 g/mol. The monoisotopic (exact) mass is 431 g/mol. The summed E-state index contributed by atoms with van der Waals surface area (Å²) in [7, 11) is 0. The van der Waals surface area contributed by atoms with Crippen molar-refractivity contribution in [3.8, 4) is 11.5 Å². The quantitative estimate of drug-likeness (QED) is 0.232. The van der Waals surface area contributed by atoms with Crippen LogP contribution < -0.4 is 5.32 Å². The molecule has 0 bridgehead atoms. The number of carbonyl (C=O) groups is 3. The number of anilines is 1. The number of para-hydroxylation sites is 1. The van der Waals surface area contributed by atoms with Gasteiger partial charge < -0.3 is 20.3 Å². The summed E-state index contributed by atoms with van der Waals surface area (Å²) in [6.45, 7) is 1.97. The highest BCUT2D eigenvalue weighted by Crippen LogP contribution is 2.25. The number of ether oxygens (including phenoxy) is 1. The Hall–Kier alpha value is -4.39. The number of hydrogen-bond acceptors (Lipinski definition) is 6. The number of aromatic hydroxyl groups is 2. The van der Waals surface area contributed by atoms with Gasteiger partial charge in [-0.25, -0.2) is 9.59 Å². The van der Waals surface area contributed by atoms with Crippen molar-refractivity contribution in [1.29, 1.82) is 0 Å². The Morgan fingerprint density at radius 3 is 2.31 bits per heavy atom. The molecule has 0 unspecified atom stereocenters. The van der Waals surface area contributed by atoms with E-state index >= 15 is 0 Å². The predicted octanol–water partition coefficient (Wildman–Crippen LogP) is 4.31. The summed E-state index contributed by atoms with van der Waals surface area (Å²) in [6, 6.07) is 17.4. The first-order valence-corrected chi connectivity index (χ1v) is 9.83. The van der Waals surface area contributed by atoms with Crippen molar-refractivity contribution >= 4 is 29.6 Å². The molecule has 0 atom stereocenters. The minimum absolute atomic E-state index is 0.0528. The van der Waals surface area contributed by atoms with Crippen LogP contribution in [0.2, 0.25) is 0 Å². The van der Waals surface area contributed by atoms with Crippen LogP contribution in [0.1, 0.15) is 38.8 Å². The summed E-state index contributed by atoms with van der Waals surface area (Å²) in [6.07, 6.45) is 3.04. The molecule has 7 nitrogen and oxygen atoms in total. The zero-order valence-electron chi connectivity index (χ0n) is 17.2. The van der Waals surface area contributed by atoms with E-state index in [1.165, 1.54) is 36.4 Å². The van der Waals surface area contributed by atoms with Gasteiger partial charge in [-0.3, -0.25) is 4.79 Å². The second kappa shape index (κ2) is 10.1. The van der Waals surface area contributed by atoms with Crippen molar-refractivity contribution in [3.05, 3.63) is 95.1 Å². The van der Waals surface area contributed by atoms with Crippen molar-refractivity contribution in [2.75, 3.05) is 5.32 Å². The van der Waals surface area contributed by atoms with Gasteiger partial charge in [0.05, 0.1) is 11.1 Å². The highest BCUT2D eigenvalue weighted by atomic mass is 16.6. The van der Waals surface area contributed by atoms with Crippen LogP contribution in [0.5, 0.6) is 11.5 Å². The molecule has 162 valence electrons. The van der Waals surface area contributed by atoms with E-state index in [-0.39, 0.29) is 22.6 Å². The molecular formula is C25H21NO6. The Bertz CT molecular complexity index is 1200. The fourth-order valence-electron chi connectivity index (χ4n) is 2.99. The third-order valence-corrected chi connectivity index (χ3v) is 4.64. The number of hydrogen-bond donors (Lipinski definition) is 3. The van der Waals surface area contributed by atoms with Gasteiger partial charge in [-0.2, -0.15) is 0 Å². The molecule has 0 heterocycles. The molecule has 0 radical (unpaired) electrons. The van der Waals surface area contributed by atoms with Gasteiger partial charge in [-0.1, -0.05) is 43.3 Å².